The molecule has 10 heteroatoms. The van der Waals surface area contributed by atoms with E-state index in [4.69, 9.17) is 4.74 Å². The molecule has 0 atom stereocenters. The summed E-state index contributed by atoms with van der Waals surface area (Å²) in [5, 5.41) is 15.7. The van der Waals surface area contributed by atoms with Gasteiger partial charge in [-0.05, 0) is 44.1 Å². The molecule has 9 nitrogen and oxygen atoms in total. The standard InChI is InChI=1S/C20H21BrN6O3/c21-15-6-7-16(17-14(15)5-4-8-22-17)30-20-18(27(28)29)19(24-13-25-20)23-9-12-26-10-2-1-3-11-26/h4-8,13H,1-3,9-12H2,(H,23,24,25). The molecule has 3 heterocycles. The first-order valence-corrected chi connectivity index (χ1v) is 10.6. The van der Waals surface area contributed by atoms with Crippen molar-refractivity contribution in [3.8, 4) is 11.6 Å². The van der Waals surface area contributed by atoms with E-state index in [0.717, 1.165) is 29.5 Å². The van der Waals surface area contributed by atoms with E-state index in [-0.39, 0.29) is 17.4 Å². The summed E-state index contributed by atoms with van der Waals surface area (Å²) in [6.07, 6.45) is 6.56. The summed E-state index contributed by atoms with van der Waals surface area (Å²) in [7, 11) is 0. The molecule has 4 rings (SSSR count). The number of hydrogen-bond acceptors (Lipinski definition) is 8. The van der Waals surface area contributed by atoms with Crippen LogP contribution in [0.25, 0.3) is 10.9 Å². The van der Waals surface area contributed by atoms with Crippen LogP contribution in [0, 0.1) is 10.1 Å². The van der Waals surface area contributed by atoms with Crippen molar-refractivity contribution in [2.45, 2.75) is 19.3 Å². The molecule has 1 N–H and O–H groups in total. The van der Waals surface area contributed by atoms with Crippen LogP contribution in [-0.2, 0) is 0 Å². The van der Waals surface area contributed by atoms with Gasteiger partial charge < -0.3 is 15.0 Å². The first-order chi connectivity index (χ1) is 14.6. The number of likely N-dealkylation sites (tertiary alicyclic amines) is 1. The van der Waals surface area contributed by atoms with E-state index in [2.05, 4.69) is 41.1 Å². The SMILES string of the molecule is O=[N+]([O-])c1c(NCCN2CCCCC2)ncnc1Oc1ccc(Br)c2cccnc12. The number of fused-ring (bicyclic) bond motifs is 1. The molecule has 2 aromatic heterocycles. The molecule has 0 aliphatic carbocycles. The van der Waals surface area contributed by atoms with E-state index >= 15 is 0 Å². The molecule has 156 valence electrons. The Bertz CT molecular complexity index is 1060. The van der Waals surface area contributed by atoms with E-state index in [9.17, 15) is 10.1 Å². The highest BCUT2D eigenvalue weighted by Crippen LogP contribution is 2.37. The van der Waals surface area contributed by atoms with Gasteiger partial charge in [-0.15, -0.1) is 0 Å². The first kappa shape index (κ1) is 20.4. The number of ether oxygens (including phenoxy) is 1. The van der Waals surface area contributed by atoms with E-state index in [0.29, 0.717) is 17.8 Å². The van der Waals surface area contributed by atoms with Gasteiger partial charge >= 0.3 is 11.6 Å². The van der Waals surface area contributed by atoms with Crippen LogP contribution in [0.1, 0.15) is 19.3 Å². The number of aromatic nitrogens is 3. The fraction of sp³-hybridized carbons (Fsp3) is 0.350. The molecule has 0 saturated carbocycles. The van der Waals surface area contributed by atoms with Crippen LogP contribution >= 0.6 is 15.9 Å². The quantitative estimate of drug-likeness (QED) is 0.398. The van der Waals surface area contributed by atoms with Gasteiger partial charge in [-0.1, -0.05) is 28.4 Å². The fourth-order valence-corrected chi connectivity index (χ4v) is 4.00. The summed E-state index contributed by atoms with van der Waals surface area (Å²) in [6.45, 7) is 3.48. The smallest absolute Gasteiger partial charge is 0.373 e. The van der Waals surface area contributed by atoms with E-state index in [1.165, 1.54) is 25.6 Å². The fourth-order valence-electron chi connectivity index (χ4n) is 3.55. The number of benzene rings is 1. The maximum Gasteiger partial charge on any atom is 0.373 e. The molecule has 0 unspecified atom stereocenters. The Hall–Kier alpha value is -2.85. The molecule has 1 aliphatic heterocycles. The lowest BCUT2D eigenvalue weighted by atomic mass is 10.1. The summed E-state index contributed by atoms with van der Waals surface area (Å²) in [4.78, 5) is 26.1. The second kappa shape index (κ2) is 9.31. The molecule has 1 fully saturated rings. The van der Waals surface area contributed by atoms with Crippen molar-refractivity contribution >= 4 is 38.3 Å². The first-order valence-electron chi connectivity index (χ1n) is 9.80. The number of nitrogens with one attached hydrogen (secondary N) is 1. The minimum Gasteiger partial charge on any atom is -0.431 e. The minimum atomic E-state index is -0.521. The number of halogens is 1. The summed E-state index contributed by atoms with van der Waals surface area (Å²) < 4.78 is 6.71. The largest absolute Gasteiger partial charge is 0.431 e. The average molecular weight is 473 g/mol. The highest BCUT2D eigenvalue weighted by atomic mass is 79.9. The molecular formula is C20H21BrN6O3. The number of nitro groups is 1. The maximum atomic E-state index is 11.8. The van der Waals surface area contributed by atoms with Gasteiger partial charge in [-0.25, -0.2) is 4.98 Å². The normalized spacial score (nSPS) is 14.6. The lowest BCUT2D eigenvalue weighted by Crippen LogP contribution is -2.33. The van der Waals surface area contributed by atoms with Gasteiger partial charge in [0.2, 0.25) is 5.82 Å². The maximum absolute atomic E-state index is 11.8. The number of anilines is 1. The predicted octanol–water partition coefficient (Wildman–Crippen LogP) is 4.39. The van der Waals surface area contributed by atoms with E-state index in [1.54, 1.807) is 12.3 Å². The number of nitrogens with zero attached hydrogens (tertiary/aromatic N) is 5. The van der Waals surface area contributed by atoms with Crippen LogP contribution in [0.5, 0.6) is 11.6 Å². The van der Waals surface area contributed by atoms with Crippen molar-refractivity contribution in [1.29, 1.82) is 0 Å². The lowest BCUT2D eigenvalue weighted by Gasteiger charge is -2.26. The van der Waals surface area contributed by atoms with Crippen LogP contribution in [0.3, 0.4) is 0 Å². The molecule has 1 saturated heterocycles. The Balaban J connectivity index is 1.57. The van der Waals surface area contributed by atoms with E-state index < -0.39 is 4.92 Å². The average Bonchev–Trinajstić information content (AvgIpc) is 2.76. The minimum absolute atomic E-state index is 0.121. The van der Waals surface area contributed by atoms with Crippen molar-refractivity contribution in [3.63, 3.8) is 0 Å². The number of hydrogen-bond donors (Lipinski definition) is 1. The van der Waals surface area contributed by atoms with E-state index in [1.807, 2.05) is 18.2 Å². The zero-order chi connectivity index (χ0) is 20.9. The molecular weight excluding hydrogens is 452 g/mol. The molecule has 0 bridgehead atoms. The van der Waals surface area contributed by atoms with Gasteiger partial charge in [0, 0.05) is 29.1 Å². The Labute approximate surface area is 181 Å². The van der Waals surface area contributed by atoms with Crippen LogP contribution in [0.15, 0.2) is 41.3 Å². The van der Waals surface area contributed by atoms with Crippen LogP contribution in [-0.4, -0.2) is 51.0 Å². The third kappa shape index (κ3) is 4.49. The Morgan fingerprint density at radius 2 is 2.00 bits per heavy atom. The molecule has 0 spiro atoms. The predicted molar refractivity (Wildman–Crippen MR) is 117 cm³/mol. The Morgan fingerprint density at radius 3 is 2.80 bits per heavy atom. The number of rotatable bonds is 7. The Kier molecular flexibility index (Phi) is 6.34. The van der Waals surface area contributed by atoms with Crippen molar-refractivity contribution in [3.05, 3.63) is 51.4 Å². The molecule has 0 amide bonds. The molecule has 3 aromatic rings. The zero-order valence-electron chi connectivity index (χ0n) is 16.3. The highest BCUT2D eigenvalue weighted by Gasteiger charge is 2.26. The summed E-state index contributed by atoms with van der Waals surface area (Å²) in [5.41, 5.74) is 0.294. The van der Waals surface area contributed by atoms with Crippen LogP contribution < -0.4 is 10.1 Å². The van der Waals surface area contributed by atoms with Gasteiger partial charge in [0.15, 0.2) is 5.75 Å². The van der Waals surface area contributed by atoms with Crippen molar-refractivity contribution < 1.29 is 9.66 Å². The van der Waals surface area contributed by atoms with Gasteiger partial charge in [0.05, 0.1) is 4.92 Å². The van der Waals surface area contributed by atoms with Crippen LogP contribution in [0.2, 0.25) is 0 Å². The van der Waals surface area contributed by atoms with Gasteiger partial charge in [-0.2, -0.15) is 4.98 Å². The lowest BCUT2D eigenvalue weighted by molar-refractivity contribution is -0.385. The van der Waals surface area contributed by atoms with Crippen LogP contribution in [0.4, 0.5) is 11.5 Å². The second-order valence-electron chi connectivity index (χ2n) is 7.01. The molecule has 30 heavy (non-hydrogen) atoms. The summed E-state index contributed by atoms with van der Waals surface area (Å²) in [6, 6.07) is 7.22. The van der Waals surface area contributed by atoms with Gasteiger partial charge in [-0.3, -0.25) is 15.1 Å². The van der Waals surface area contributed by atoms with Crippen molar-refractivity contribution in [2.24, 2.45) is 0 Å². The van der Waals surface area contributed by atoms with Crippen molar-refractivity contribution in [1.82, 2.24) is 19.9 Å². The molecule has 1 aromatic carbocycles. The third-order valence-corrected chi connectivity index (χ3v) is 5.72. The zero-order valence-corrected chi connectivity index (χ0v) is 17.8. The Morgan fingerprint density at radius 1 is 1.17 bits per heavy atom. The topological polar surface area (TPSA) is 106 Å². The number of pyridine rings is 1. The van der Waals surface area contributed by atoms with Gasteiger partial charge in [0.25, 0.3) is 0 Å². The number of piperidine rings is 1. The monoisotopic (exact) mass is 472 g/mol. The van der Waals surface area contributed by atoms with Crippen molar-refractivity contribution in [2.75, 3.05) is 31.5 Å². The second-order valence-corrected chi connectivity index (χ2v) is 7.86. The third-order valence-electron chi connectivity index (χ3n) is 5.03. The molecule has 1 aliphatic rings. The highest BCUT2D eigenvalue weighted by molar-refractivity contribution is 9.10. The summed E-state index contributed by atoms with van der Waals surface area (Å²) >= 11 is 3.48. The summed E-state index contributed by atoms with van der Waals surface area (Å²) in [5.74, 6) is 0.413. The van der Waals surface area contributed by atoms with Gasteiger partial charge in [0.1, 0.15) is 11.8 Å². The molecule has 0 radical (unpaired) electrons.